The number of methoxy groups -OCH3 is 1. The lowest BCUT2D eigenvalue weighted by Gasteiger charge is -2.09. The second-order valence-corrected chi connectivity index (χ2v) is 4.35. The Morgan fingerprint density at radius 2 is 2.10 bits per heavy atom. The zero-order valence-corrected chi connectivity index (χ0v) is 11.1. The number of phenolic OH excluding ortho intramolecular Hbond substituents is 1. The zero-order chi connectivity index (χ0) is 14.5. The Labute approximate surface area is 117 Å². The fraction of sp³-hybridized carbons (Fsp3) is 0.133. The van der Waals surface area contributed by atoms with Crippen LogP contribution in [0.4, 0.5) is 11.4 Å². The summed E-state index contributed by atoms with van der Waals surface area (Å²) in [5.74, 6) is 0.479. The van der Waals surface area contributed by atoms with Crippen molar-refractivity contribution in [2.45, 2.75) is 6.42 Å². The molecule has 0 bridgehead atoms. The standard InChI is InChI=1S/C15H16N2O3/c1-20-14-9-11(5-6-13(14)16)17-15(19)8-10-3-2-4-12(18)7-10/h2-7,9,18H,8,16H2,1H3,(H,17,19). The highest BCUT2D eigenvalue weighted by Gasteiger charge is 2.07. The second kappa shape index (κ2) is 5.97. The van der Waals surface area contributed by atoms with Crippen LogP contribution in [0.2, 0.25) is 0 Å². The summed E-state index contributed by atoms with van der Waals surface area (Å²) in [6.07, 6.45) is 0.182. The lowest BCUT2D eigenvalue weighted by molar-refractivity contribution is -0.115. The highest BCUT2D eigenvalue weighted by Crippen LogP contribution is 2.25. The van der Waals surface area contributed by atoms with E-state index < -0.39 is 0 Å². The van der Waals surface area contributed by atoms with Gasteiger partial charge in [-0.25, -0.2) is 0 Å². The molecule has 0 spiro atoms. The van der Waals surface area contributed by atoms with Crippen LogP contribution < -0.4 is 15.8 Å². The average molecular weight is 272 g/mol. The third-order valence-electron chi connectivity index (χ3n) is 2.79. The van der Waals surface area contributed by atoms with Gasteiger partial charge in [-0.15, -0.1) is 0 Å². The largest absolute Gasteiger partial charge is 0.508 e. The molecule has 0 aliphatic heterocycles. The lowest BCUT2D eigenvalue weighted by Crippen LogP contribution is -2.14. The third kappa shape index (κ3) is 3.41. The molecule has 5 heteroatoms. The first-order valence-corrected chi connectivity index (χ1v) is 6.10. The Hall–Kier alpha value is -2.69. The highest BCUT2D eigenvalue weighted by molar-refractivity contribution is 5.92. The number of carbonyl (C=O) groups is 1. The van der Waals surface area contributed by atoms with Gasteiger partial charge >= 0.3 is 0 Å². The minimum atomic E-state index is -0.178. The van der Waals surface area contributed by atoms with Gasteiger partial charge < -0.3 is 20.9 Å². The SMILES string of the molecule is COc1cc(NC(=O)Cc2cccc(O)c2)ccc1N. The van der Waals surface area contributed by atoms with Crippen LogP contribution >= 0.6 is 0 Å². The van der Waals surface area contributed by atoms with Gasteiger partial charge in [-0.3, -0.25) is 4.79 Å². The topological polar surface area (TPSA) is 84.6 Å². The monoisotopic (exact) mass is 272 g/mol. The number of hydrogen-bond donors (Lipinski definition) is 3. The fourth-order valence-electron chi connectivity index (χ4n) is 1.85. The molecule has 4 N–H and O–H groups in total. The van der Waals surface area contributed by atoms with Crippen LogP contribution in [0.3, 0.4) is 0 Å². The molecule has 0 saturated heterocycles. The molecule has 20 heavy (non-hydrogen) atoms. The van der Waals surface area contributed by atoms with Crippen molar-refractivity contribution in [1.29, 1.82) is 0 Å². The minimum Gasteiger partial charge on any atom is -0.508 e. The van der Waals surface area contributed by atoms with Gasteiger partial charge in [-0.2, -0.15) is 0 Å². The first-order valence-electron chi connectivity index (χ1n) is 6.10. The van der Waals surface area contributed by atoms with E-state index in [0.29, 0.717) is 17.1 Å². The van der Waals surface area contributed by atoms with Crippen LogP contribution in [-0.2, 0) is 11.2 Å². The summed E-state index contributed by atoms with van der Waals surface area (Å²) < 4.78 is 5.09. The molecule has 0 fully saturated rings. The maximum absolute atomic E-state index is 11.9. The van der Waals surface area contributed by atoms with Crippen molar-refractivity contribution in [3.05, 3.63) is 48.0 Å². The molecule has 2 rings (SSSR count). The number of ether oxygens (including phenoxy) is 1. The molecule has 0 atom stereocenters. The van der Waals surface area contributed by atoms with E-state index in [-0.39, 0.29) is 18.1 Å². The normalized spacial score (nSPS) is 10.1. The van der Waals surface area contributed by atoms with Crippen LogP contribution in [0.5, 0.6) is 11.5 Å². The predicted molar refractivity (Wildman–Crippen MR) is 77.8 cm³/mol. The molecule has 0 saturated carbocycles. The van der Waals surface area contributed by atoms with Crippen molar-refractivity contribution < 1.29 is 14.6 Å². The van der Waals surface area contributed by atoms with Crippen LogP contribution in [0.1, 0.15) is 5.56 Å². The summed E-state index contributed by atoms with van der Waals surface area (Å²) in [7, 11) is 1.52. The van der Waals surface area contributed by atoms with Crippen molar-refractivity contribution in [1.82, 2.24) is 0 Å². The minimum absolute atomic E-state index is 0.143. The second-order valence-electron chi connectivity index (χ2n) is 4.35. The van der Waals surface area contributed by atoms with E-state index in [1.165, 1.54) is 7.11 Å². The Balaban J connectivity index is 2.04. The maximum atomic E-state index is 11.9. The van der Waals surface area contributed by atoms with Crippen molar-refractivity contribution in [2.75, 3.05) is 18.2 Å². The number of aromatic hydroxyl groups is 1. The van der Waals surface area contributed by atoms with Gasteiger partial charge in [0.2, 0.25) is 5.91 Å². The number of nitrogens with one attached hydrogen (secondary N) is 1. The number of phenols is 1. The summed E-state index contributed by atoms with van der Waals surface area (Å²) in [4.78, 5) is 11.9. The maximum Gasteiger partial charge on any atom is 0.228 e. The Morgan fingerprint density at radius 1 is 1.30 bits per heavy atom. The summed E-state index contributed by atoms with van der Waals surface area (Å²) >= 11 is 0. The molecule has 0 aromatic heterocycles. The number of anilines is 2. The highest BCUT2D eigenvalue weighted by atomic mass is 16.5. The first kappa shape index (κ1) is 13.7. The Morgan fingerprint density at radius 3 is 2.80 bits per heavy atom. The predicted octanol–water partition coefficient (Wildman–Crippen LogP) is 2.16. The number of hydrogen-bond acceptors (Lipinski definition) is 4. The van der Waals surface area contributed by atoms with Gasteiger partial charge in [0.15, 0.2) is 0 Å². The van der Waals surface area contributed by atoms with Crippen molar-refractivity contribution in [3.63, 3.8) is 0 Å². The van der Waals surface area contributed by atoms with E-state index in [1.807, 2.05) is 0 Å². The van der Waals surface area contributed by atoms with Crippen LogP contribution in [0.25, 0.3) is 0 Å². The van der Waals surface area contributed by atoms with E-state index in [1.54, 1.807) is 42.5 Å². The van der Waals surface area contributed by atoms with Gasteiger partial charge in [0.1, 0.15) is 11.5 Å². The van der Waals surface area contributed by atoms with E-state index in [0.717, 1.165) is 5.56 Å². The van der Waals surface area contributed by atoms with Crippen molar-refractivity contribution in [2.24, 2.45) is 0 Å². The Bertz CT molecular complexity index is 626. The number of carbonyl (C=O) groups excluding carboxylic acids is 1. The number of amides is 1. The molecule has 2 aromatic rings. The molecule has 0 unspecified atom stereocenters. The smallest absolute Gasteiger partial charge is 0.228 e. The lowest BCUT2D eigenvalue weighted by atomic mass is 10.1. The molecule has 0 aliphatic rings. The first-order chi connectivity index (χ1) is 9.58. The van der Waals surface area contributed by atoms with E-state index in [4.69, 9.17) is 10.5 Å². The van der Waals surface area contributed by atoms with E-state index in [2.05, 4.69) is 5.32 Å². The molecule has 104 valence electrons. The summed E-state index contributed by atoms with van der Waals surface area (Å²) in [5, 5.41) is 12.1. The fourth-order valence-corrected chi connectivity index (χ4v) is 1.85. The molecule has 0 aliphatic carbocycles. The number of nitrogens with two attached hydrogens (primary N) is 1. The molecule has 2 aromatic carbocycles. The Kier molecular flexibility index (Phi) is 4.10. The molecule has 5 nitrogen and oxygen atoms in total. The third-order valence-corrected chi connectivity index (χ3v) is 2.79. The molecular weight excluding hydrogens is 256 g/mol. The zero-order valence-electron chi connectivity index (χ0n) is 11.1. The van der Waals surface area contributed by atoms with E-state index in [9.17, 15) is 9.90 Å². The van der Waals surface area contributed by atoms with Crippen LogP contribution in [0.15, 0.2) is 42.5 Å². The van der Waals surface area contributed by atoms with Gasteiger partial charge in [0.05, 0.1) is 19.2 Å². The molecule has 0 radical (unpaired) electrons. The average Bonchev–Trinajstić information content (AvgIpc) is 2.41. The summed E-state index contributed by atoms with van der Waals surface area (Å²) in [5.41, 5.74) is 7.57. The van der Waals surface area contributed by atoms with Crippen LogP contribution in [-0.4, -0.2) is 18.1 Å². The molecule has 1 amide bonds. The van der Waals surface area contributed by atoms with Gasteiger partial charge in [-0.1, -0.05) is 12.1 Å². The van der Waals surface area contributed by atoms with Gasteiger partial charge in [0.25, 0.3) is 0 Å². The quantitative estimate of drug-likeness (QED) is 0.745. The molecule has 0 heterocycles. The number of benzene rings is 2. The van der Waals surface area contributed by atoms with Crippen molar-refractivity contribution >= 4 is 17.3 Å². The van der Waals surface area contributed by atoms with Crippen LogP contribution in [0, 0.1) is 0 Å². The number of nitrogen functional groups attached to an aromatic ring is 1. The van der Waals surface area contributed by atoms with Gasteiger partial charge in [0, 0.05) is 11.8 Å². The van der Waals surface area contributed by atoms with Crippen molar-refractivity contribution in [3.8, 4) is 11.5 Å². The van der Waals surface area contributed by atoms with Gasteiger partial charge in [-0.05, 0) is 29.8 Å². The summed E-state index contributed by atoms with van der Waals surface area (Å²) in [6.45, 7) is 0. The summed E-state index contributed by atoms with van der Waals surface area (Å²) in [6, 6.07) is 11.6. The van der Waals surface area contributed by atoms with E-state index >= 15 is 0 Å². The number of rotatable bonds is 4. The molecular formula is C15H16N2O3.